The molecule has 3 nitrogen and oxygen atoms in total. The summed E-state index contributed by atoms with van der Waals surface area (Å²) in [6.45, 7) is 4.59. The number of nitrogens with two attached hydrogens (primary N) is 1. The molecule has 0 unspecified atom stereocenters. The van der Waals surface area contributed by atoms with Crippen LogP contribution < -0.4 is 11.1 Å². The fourth-order valence-corrected chi connectivity index (χ4v) is 1.96. The monoisotopic (exact) mass is 300 g/mol. The molecule has 3 N–H and O–H groups in total. The van der Waals surface area contributed by atoms with Crippen LogP contribution in [0, 0.1) is 0 Å². The minimum Gasteiger partial charge on any atom is -0.389 e. The zero-order chi connectivity index (χ0) is 14.1. The minimum absolute atomic E-state index is 0.351. The van der Waals surface area contributed by atoms with Gasteiger partial charge in [0.2, 0.25) is 0 Å². The van der Waals surface area contributed by atoms with E-state index in [-0.39, 0.29) is 0 Å². The summed E-state index contributed by atoms with van der Waals surface area (Å²) in [6.07, 6.45) is 3.24. The zero-order valence-corrected chi connectivity index (χ0v) is 12.8. The van der Waals surface area contributed by atoms with E-state index in [0.29, 0.717) is 10.0 Å². The fraction of sp³-hybridized carbons (Fsp3) is 0.500. The molecule has 0 saturated heterocycles. The van der Waals surface area contributed by atoms with Gasteiger partial charge in [-0.05, 0) is 31.0 Å². The molecule has 0 aromatic heterocycles. The molecule has 0 fully saturated rings. The molecule has 0 atom stereocenters. The van der Waals surface area contributed by atoms with E-state index in [0.717, 1.165) is 43.9 Å². The maximum absolute atomic E-state index is 5.93. The SMILES string of the molecule is CCCCOCCCNc1ccc(Cl)cc1C(N)=S. The van der Waals surface area contributed by atoms with Gasteiger partial charge in [-0.25, -0.2) is 0 Å². The summed E-state index contributed by atoms with van der Waals surface area (Å²) in [4.78, 5) is 0.351. The highest BCUT2D eigenvalue weighted by Crippen LogP contribution is 2.20. The number of ether oxygens (including phenoxy) is 1. The highest BCUT2D eigenvalue weighted by Gasteiger charge is 2.05. The van der Waals surface area contributed by atoms with Crippen molar-refractivity contribution in [2.24, 2.45) is 5.73 Å². The quantitative estimate of drug-likeness (QED) is 0.540. The first-order chi connectivity index (χ1) is 9.15. The Hall–Kier alpha value is -0.840. The number of rotatable bonds is 9. The molecule has 0 aliphatic heterocycles. The summed E-state index contributed by atoms with van der Waals surface area (Å²) in [7, 11) is 0. The van der Waals surface area contributed by atoms with E-state index < -0.39 is 0 Å². The van der Waals surface area contributed by atoms with Gasteiger partial charge in [-0.3, -0.25) is 0 Å². The summed E-state index contributed by atoms with van der Waals surface area (Å²) in [6, 6.07) is 5.50. The van der Waals surface area contributed by atoms with Crippen LogP contribution in [0.1, 0.15) is 31.7 Å². The van der Waals surface area contributed by atoms with Crippen LogP contribution in [0.4, 0.5) is 5.69 Å². The average molecular weight is 301 g/mol. The summed E-state index contributed by atoms with van der Waals surface area (Å²) < 4.78 is 5.50. The molecular weight excluding hydrogens is 280 g/mol. The first kappa shape index (κ1) is 16.2. The standard InChI is InChI=1S/C14H21ClN2OS/c1-2-3-8-18-9-4-7-17-13-6-5-11(15)10-12(13)14(16)19/h5-6,10,17H,2-4,7-9H2,1H3,(H2,16,19). The highest BCUT2D eigenvalue weighted by atomic mass is 35.5. The molecule has 5 heteroatoms. The Morgan fingerprint density at radius 1 is 1.37 bits per heavy atom. The molecule has 0 amide bonds. The van der Waals surface area contributed by atoms with Gasteiger partial charge in [0.1, 0.15) is 4.99 Å². The third kappa shape index (κ3) is 6.23. The van der Waals surface area contributed by atoms with Crippen LogP contribution in [0.5, 0.6) is 0 Å². The maximum atomic E-state index is 5.93. The number of hydrogen-bond donors (Lipinski definition) is 2. The molecule has 0 saturated carbocycles. The molecule has 0 aliphatic rings. The minimum atomic E-state index is 0.351. The largest absolute Gasteiger partial charge is 0.389 e. The predicted octanol–water partition coefficient (Wildman–Crippen LogP) is 3.59. The van der Waals surface area contributed by atoms with Crippen molar-refractivity contribution in [2.45, 2.75) is 26.2 Å². The second-order valence-electron chi connectivity index (χ2n) is 4.30. The van der Waals surface area contributed by atoms with Crippen molar-refractivity contribution in [1.82, 2.24) is 0 Å². The van der Waals surface area contributed by atoms with Gasteiger partial charge in [0.05, 0.1) is 0 Å². The Morgan fingerprint density at radius 3 is 2.79 bits per heavy atom. The summed E-state index contributed by atoms with van der Waals surface area (Å²) in [5.41, 5.74) is 7.39. The summed E-state index contributed by atoms with van der Waals surface area (Å²) in [5, 5.41) is 3.94. The van der Waals surface area contributed by atoms with Crippen molar-refractivity contribution in [3.8, 4) is 0 Å². The lowest BCUT2D eigenvalue weighted by Gasteiger charge is -2.11. The van der Waals surface area contributed by atoms with E-state index in [1.807, 2.05) is 12.1 Å². The number of hydrogen-bond acceptors (Lipinski definition) is 3. The molecule has 0 bridgehead atoms. The molecule has 106 valence electrons. The maximum Gasteiger partial charge on any atom is 0.106 e. The Morgan fingerprint density at radius 2 is 2.11 bits per heavy atom. The van der Waals surface area contributed by atoms with Crippen LogP contribution in [-0.4, -0.2) is 24.7 Å². The van der Waals surface area contributed by atoms with Crippen LogP contribution in [0.15, 0.2) is 18.2 Å². The van der Waals surface area contributed by atoms with Gasteiger partial charge in [-0.1, -0.05) is 37.2 Å². The number of benzene rings is 1. The van der Waals surface area contributed by atoms with E-state index in [2.05, 4.69) is 12.2 Å². The number of unbranched alkanes of at least 4 members (excludes halogenated alkanes) is 1. The van der Waals surface area contributed by atoms with E-state index in [4.69, 9.17) is 34.3 Å². The van der Waals surface area contributed by atoms with E-state index in [1.54, 1.807) is 6.07 Å². The fourth-order valence-electron chi connectivity index (χ4n) is 1.62. The molecule has 0 heterocycles. The Kier molecular flexibility index (Phi) is 7.79. The Balaban J connectivity index is 2.35. The van der Waals surface area contributed by atoms with Gasteiger partial charge in [0, 0.05) is 36.0 Å². The second kappa shape index (κ2) is 9.13. The number of halogens is 1. The van der Waals surface area contributed by atoms with E-state index in [1.165, 1.54) is 6.42 Å². The van der Waals surface area contributed by atoms with Crippen LogP contribution >= 0.6 is 23.8 Å². The molecule has 1 rings (SSSR count). The highest BCUT2D eigenvalue weighted by molar-refractivity contribution is 7.80. The van der Waals surface area contributed by atoms with Crippen molar-refractivity contribution < 1.29 is 4.74 Å². The Bertz CT molecular complexity index is 412. The van der Waals surface area contributed by atoms with Crippen LogP contribution in [0.2, 0.25) is 5.02 Å². The smallest absolute Gasteiger partial charge is 0.106 e. The topological polar surface area (TPSA) is 47.3 Å². The zero-order valence-electron chi connectivity index (χ0n) is 11.2. The van der Waals surface area contributed by atoms with Gasteiger partial charge in [-0.15, -0.1) is 0 Å². The van der Waals surface area contributed by atoms with Crippen molar-refractivity contribution >= 4 is 34.5 Å². The predicted molar refractivity (Wildman–Crippen MR) is 86.2 cm³/mol. The van der Waals surface area contributed by atoms with Crippen molar-refractivity contribution in [1.29, 1.82) is 0 Å². The van der Waals surface area contributed by atoms with Crippen molar-refractivity contribution in [2.75, 3.05) is 25.1 Å². The Labute approximate surface area is 125 Å². The summed E-state index contributed by atoms with van der Waals surface area (Å²) in [5.74, 6) is 0. The first-order valence-electron chi connectivity index (χ1n) is 6.56. The molecular formula is C14H21ClN2OS. The molecule has 0 aliphatic carbocycles. The second-order valence-corrected chi connectivity index (χ2v) is 5.18. The van der Waals surface area contributed by atoms with E-state index >= 15 is 0 Å². The number of nitrogens with one attached hydrogen (secondary N) is 1. The lowest BCUT2D eigenvalue weighted by Crippen LogP contribution is -2.14. The molecule has 19 heavy (non-hydrogen) atoms. The number of anilines is 1. The average Bonchev–Trinajstić information content (AvgIpc) is 2.39. The molecule has 0 spiro atoms. The van der Waals surface area contributed by atoms with Crippen LogP contribution in [0.25, 0.3) is 0 Å². The third-order valence-electron chi connectivity index (χ3n) is 2.67. The molecule has 1 aromatic rings. The van der Waals surface area contributed by atoms with Crippen LogP contribution in [-0.2, 0) is 4.74 Å². The van der Waals surface area contributed by atoms with Crippen molar-refractivity contribution in [3.05, 3.63) is 28.8 Å². The van der Waals surface area contributed by atoms with Gasteiger partial charge in [-0.2, -0.15) is 0 Å². The van der Waals surface area contributed by atoms with Gasteiger partial charge >= 0.3 is 0 Å². The summed E-state index contributed by atoms with van der Waals surface area (Å²) >= 11 is 10.9. The first-order valence-corrected chi connectivity index (χ1v) is 7.34. The van der Waals surface area contributed by atoms with Gasteiger partial charge < -0.3 is 15.8 Å². The van der Waals surface area contributed by atoms with Crippen LogP contribution in [0.3, 0.4) is 0 Å². The lowest BCUT2D eigenvalue weighted by atomic mass is 10.1. The van der Waals surface area contributed by atoms with Gasteiger partial charge in [0.25, 0.3) is 0 Å². The van der Waals surface area contributed by atoms with Crippen molar-refractivity contribution in [3.63, 3.8) is 0 Å². The number of thiocarbonyl (C=S) groups is 1. The molecule has 1 aromatic carbocycles. The van der Waals surface area contributed by atoms with E-state index in [9.17, 15) is 0 Å². The normalized spacial score (nSPS) is 10.4. The van der Waals surface area contributed by atoms with Gasteiger partial charge in [0.15, 0.2) is 0 Å². The molecule has 0 radical (unpaired) electrons. The lowest BCUT2D eigenvalue weighted by molar-refractivity contribution is 0.131. The third-order valence-corrected chi connectivity index (χ3v) is 3.13.